The number of halogens is 1. The molecule has 16 heavy (non-hydrogen) atoms. The fourth-order valence-corrected chi connectivity index (χ4v) is 1.66. The van der Waals surface area contributed by atoms with Crippen molar-refractivity contribution in [1.82, 2.24) is 15.0 Å². The molecule has 0 aliphatic carbocycles. The van der Waals surface area contributed by atoms with Crippen molar-refractivity contribution in [3.8, 4) is 5.69 Å². The summed E-state index contributed by atoms with van der Waals surface area (Å²) in [6, 6.07) is 4.87. The smallest absolute Gasteiger partial charge is 0.169 e. The molecule has 84 valence electrons. The van der Waals surface area contributed by atoms with Gasteiger partial charge >= 0.3 is 0 Å². The molecule has 0 spiro atoms. The maximum absolute atomic E-state index is 13.4. The molecule has 0 aliphatic rings. The Kier molecular flexibility index (Phi) is 2.60. The molecule has 0 saturated carbocycles. The van der Waals surface area contributed by atoms with Crippen LogP contribution in [0.2, 0.25) is 0 Å². The molecule has 0 fully saturated rings. The van der Waals surface area contributed by atoms with Gasteiger partial charge in [0.1, 0.15) is 5.82 Å². The van der Waals surface area contributed by atoms with Gasteiger partial charge in [0, 0.05) is 5.56 Å². The van der Waals surface area contributed by atoms with Crippen molar-refractivity contribution in [2.45, 2.75) is 20.3 Å². The first kappa shape index (κ1) is 10.6. The minimum absolute atomic E-state index is 0.256. The highest BCUT2D eigenvalue weighted by Gasteiger charge is 2.13. The summed E-state index contributed by atoms with van der Waals surface area (Å²) in [6.07, 6.45) is 0.703. The monoisotopic (exact) mass is 220 g/mol. The maximum atomic E-state index is 13.4. The van der Waals surface area contributed by atoms with Gasteiger partial charge in [-0.2, -0.15) is 0 Å². The summed E-state index contributed by atoms with van der Waals surface area (Å²) < 4.78 is 15.0. The van der Waals surface area contributed by atoms with Crippen LogP contribution in [0.4, 0.5) is 10.2 Å². The van der Waals surface area contributed by atoms with E-state index >= 15 is 0 Å². The highest BCUT2D eigenvalue weighted by molar-refractivity contribution is 5.45. The third kappa shape index (κ3) is 1.54. The first-order valence-electron chi connectivity index (χ1n) is 5.10. The van der Waals surface area contributed by atoms with Crippen LogP contribution >= 0.6 is 0 Å². The Hall–Kier alpha value is -1.91. The lowest BCUT2D eigenvalue weighted by Gasteiger charge is -2.08. The zero-order chi connectivity index (χ0) is 11.7. The SMILES string of the molecule is CCc1c(N)nnn1-c1cccc(F)c1C. The quantitative estimate of drug-likeness (QED) is 0.840. The van der Waals surface area contributed by atoms with E-state index in [0.717, 1.165) is 5.69 Å². The molecule has 1 aromatic heterocycles. The van der Waals surface area contributed by atoms with E-state index in [2.05, 4.69) is 10.3 Å². The van der Waals surface area contributed by atoms with Gasteiger partial charge in [-0.25, -0.2) is 9.07 Å². The zero-order valence-electron chi connectivity index (χ0n) is 9.24. The molecule has 0 bridgehead atoms. The Morgan fingerprint density at radius 2 is 2.19 bits per heavy atom. The summed E-state index contributed by atoms with van der Waals surface area (Å²) in [5.74, 6) is 0.139. The van der Waals surface area contributed by atoms with E-state index in [0.29, 0.717) is 23.5 Å². The average molecular weight is 220 g/mol. The number of benzene rings is 1. The van der Waals surface area contributed by atoms with Crippen LogP contribution in [0.5, 0.6) is 0 Å². The lowest BCUT2D eigenvalue weighted by Crippen LogP contribution is -2.05. The van der Waals surface area contributed by atoms with Crippen LogP contribution in [0.15, 0.2) is 18.2 Å². The first-order valence-corrected chi connectivity index (χ1v) is 5.10. The second-order valence-corrected chi connectivity index (χ2v) is 3.57. The minimum atomic E-state index is -0.256. The third-order valence-electron chi connectivity index (χ3n) is 2.60. The molecular weight excluding hydrogens is 207 g/mol. The summed E-state index contributed by atoms with van der Waals surface area (Å²) in [4.78, 5) is 0. The number of nitrogens with two attached hydrogens (primary N) is 1. The van der Waals surface area contributed by atoms with Crippen LogP contribution in [0.25, 0.3) is 5.69 Å². The Morgan fingerprint density at radius 1 is 1.44 bits per heavy atom. The number of rotatable bonds is 2. The fraction of sp³-hybridized carbons (Fsp3) is 0.273. The van der Waals surface area contributed by atoms with Crippen molar-refractivity contribution in [2.75, 3.05) is 5.73 Å². The zero-order valence-corrected chi connectivity index (χ0v) is 9.24. The predicted molar refractivity (Wildman–Crippen MR) is 59.8 cm³/mol. The van der Waals surface area contributed by atoms with Crippen molar-refractivity contribution in [2.24, 2.45) is 0 Å². The molecular formula is C11H13FN4. The Bertz CT molecular complexity index is 519. The molecule has 0 radical (unpaired) electrons. The van der Waals surface area contributed by atoms with Crippen LogP contribution in [0.3, 0.4) is 0 Å². The second-order valence-electron chi connectivity index (χ2n) is 3.57. The molecule has 2 rings (SSSR count). The summed E-state index contributed by atoms with van der Waals surface area (Å²) in [7, 11) is 0. The second kappa shape index (κ2) is 3.92. The number of nitrogen functional groups attached to an aromatic ring is 1. The van der Waals surface area contributed by atoms with Gasteiger partial charge in [0.25, 0.3) is 0 Å². The third-order valence-corrected chi connectivity index (χ3v) is 2.60. The molecule has 0 atom stereocenters. The molecule has 1 aromatic carbocycles. The number of hydrogen-bond acceptors (Lipinski definition) is 3. The van der Waals surface area contributed by atoms with E-state index in [9.17, 15) is 4.39 Å². The summed E-state index contributed by atoms with van der Waals surface area (Å²) >= 11 is 0. The Morgan fingerprint density at radius 3 is 2.88 bits per heavy atom. The molecule has 1 heterocycles. The number of anilines is 1. The standard InChI is InChI=1S/C11H13FN4/c1-3-9-11(13)14-15-16(9)10-6-4-5-8(12)7(10)2/h4-6H,3,13H2,1-2H3. The molecule has 5 heteroatoms. The van der Waals surface area contributed by atoms with E-state index in [1.54, 1.807) is 23.7 Å². The van der Waals surface area contributed by atoms with Crippen LogP contribution in [0, 0.1) is 12.7 Å². The van der Waals surface area contributed by atoms with Gasteiger partial charge in [0.15, 0.2) is 5.82 Å². The van der Waals surface area contributed by atoms with Gasteiger partial charge in [0.05, 0.1) is 11.4 Å². The maximum Gasteiger partial charge on any atom is 0.169 e. The summed E-state index contributed by atoms with van der Waals surface area (Å²) in [6.45, 7) is 3.67. The van der Waals surface area contributed by atoms with Gasteiger partial charge in [0.2, 0.25) is 0 Å². The van der Waals surface area contributed by atoms with Gasteiger partial charge in [-0.15, -0.1) is 5.10 Å². The van der Waals surface area contributed by atoms with Gasteiger partial charge in [-0.1, -0.05) is 18.2 Å². The summed E-state index contributed by atoms with van der Waals surface area (Å²) in [5, 5.41) is 7.74. The van der Waals surface area contributed by atoms with Crippen molar-refractivity contribution < 1.29 is 4.39 Å². The van der Waals surface area contributed by atoms with Crippen molar-refractivity contribution >= 4 is 5.82 Å². The van der Waals surface area contributed by atoms with E-state index in [4.69, 9.17) is 5.73 Å². The van der Waals surface area contributed by atoms with Crippen molar-refractivity contribution in [3.63, 3.8) is 0 Å². The van der Waals surface area contributed by atoms with Crippen LogP contribution in [-0.4, -0.2) is 15.0 Å². The minimum Gasteiger partial charge on any atom is -0.381 e. The van der Waals surface area contributed by atoms with Crippen molar-refractivity contribution in [3.05, 3.63) is 35.3 Å². The topological polar surface area (TPSA) is 56.7 Å². The lowest BCUT2D eigenvalue weighted by molar-refractivity contribution is 0.613. The van der Waals surface area contributed by atoms with Gasteiger partial charge < -0.3 is 5.73 Å². The van der Waals surface area contributed by atoms with Gasteiger partial charge in [-0.05, 0) is 25.5 Å². The van der Waals surface area contributed by atoms with E-state index in [1.165, 1.54) is 6.07 Å². The van der Waals surface area contributed by atoms with Crippen molar-refractivity contribution in [1.29, 1.82) is 0 Å². The van der Waals surface area contributed by atoms with Gasteiger partial charge in [-0.3, -0.25) is 0 Å². The van der Waals surface area contributed by atoms with Crippen LogP contribution < -0.4 is 5.73 Å². The van der Waals surface area contributed by atoms with E-state index in [-0.39, 0.29) is 5.82 Å². The lowest BCUT2D eigenvalue weighted by atomic mass is 10.2. The molecule has 4 nitrogen and oxygen atoms in total. The average Bonchev–Trinajstić information content (AvgIpc) is 2.63. The van der Waals surface area contributed by atoms with Crippen LogP contribution in [0.1, 0.15) is 18.2 Å². The first-order chi connectivity index (χ1) is 7.65. The molecule has 2 N–H and O–H groups in total. The largest absolute Gasteiger partial charge is 0.381 e. The predicted octanol–water partition coefficient (Wildman–Crippen LogP) is 1.86. The normalized spacial score (nSPS) is 10.7. The van der Waals surface area contributed by atoms with E-state index < -0.39 is 0 Å². The highest BCUT2D eigenvalue weighted by Crippen LogP contribution is 2.20. The molecule has 0 unspecified atom stereocenters. The molecule has 2 aromatic rings. The number of hydrogen-bond donors (Lipinski definition) is 1. The molecule has 0 aliphatic heterocycles. The van der Waals surface area contributed by atoms with Crippen LogP contribution in [-0.2, 0) is 6.42 Å². The highest BCUT2D eigenvalue weighted by atomic mass is 19.1. The summed E-state index contributed by atoms with van der Waals surface area (Å²) in [5.41, 5.74) is 7.71. The number of nitrogens with zero attached hydrogens (tertiary/aromatic N) is 3. The molecule has 0 saturated heterocycles. The fourth-order valence-electron chi connectivity index (χ4n) is 1.66. The Balaban J connectivity index is 2.63. The van der Waals surface area contributed by atoms with E-state index in [1.807, 2.05) is 6.92 Å². The molecule has 0 amide bonds. The number of aromatic nitrogens is 3. The Labute approximate surface area is 92.9 Å².